The number of nitrogens with one attached hydrogen (secondary N) is 2. The van der Waals surface area contributed by atoms with Crippen molar-refractivity contribution in [3.05, 3.63) is 35.4 Å². The topological polar surface area (TPSA) is 56.7 Å². The zero-order valence-electron chi connectivity index (χ0n) is 15.1. The van der Waals surface area contributed by atoms with Gasteiger partial charge in [0.15, 0.2) is 5.96 Å². The molecule has 132 valence electrons. The van der Waals surface area contributed by atoms with Crippen molar-refractivity contribution in [2.75, 3.05) is 13.1 Å². The van der Waals surface area contributed by atoms with E-state index >= 15 is 0 Å². The minimum atomic E-state index is 0.264. The predicted molar refractivity (Wildman–Crippen MR) is 98.8 cm³/mol. The average Bonchev–Trinajstić information content (AvgIpc) is 2.99. The largest absolute Gasteiger partial charge is 0.357 e. The number of carbonyl (C=O) groups excluding carboxylic acids is 1. The summed E-state index contributed by atoms with van der Waals surface area (Å²) in [5, 5.41) is 6.70. The van der Waals surface area contributed by atoms with E-state index in [2.05, 4.69) is 43.5 Å². The molecule has 5 heteroatoms. The number of likely N-dealkylation sites (tertiary alicyclic amines) is 1. The van der Waals surface area contributed by atoms with Crippen molar-refractivity contribution >= 4 is 11.9 Å². The molecule has 1 saturated heterocycles. The van der Waals surface area contributed by atoms with Gasteiger partial charge in [0.1, 0.15) is 0 Å². The molecule has 1 aliphatic rings. The molecule has 0 aliphatic carbocycles. The van der Waals surface area contributed by atoms with E-state index in [1.54, 1.807) is 0 Å². The normalized spacial score (nSPS) is 16.4. The molecule has 0 spiro atoms. The molecule has 2 rings (SSSR count). The predicted octanol–water partition coefficient (Wildman–Crippen LogP) is 2.66. The van der Waals surface area contributed by atoms with Crippen LogP contribution in [0.3, 0.4) is 0 Å². The molecule has 0 saturated carbocycles. The number of aliphatic imine (C=N–C) groups is 1. The second-order valence-electron chi connectivity index (χ2n) is 6.34. The summed E-state index contributed by atoms with van der Waals surface area (Å²) >= 11 is 0. The van der Waals surface area contributed by atoms with E-state index in [0.29, 0.717) is 25.6 Å². The van der Waals surface area contributed by atoms with Gasteiger partial charge in [0.2, 0.25) is 5.91 Å². The van der Waals surface area contributed by atoms with Crippen LogP contribution in [0.25, 0.3) is 0 Å². The Morgan fingerprint density at radius 1 is 1.29 bits per heavy atom. The number of hydrogen-bond acceptors (Lipinski definition) is 2. The molecule has 2 N–H and O–H groups in total. The van der Waals surface area contributed by atoms with Crippen LogP contribution in [0.5, 0.6) is 0 Å². The summed E-state index contributed by atoms with van der Waals surface area (Å²) in [7, 11) is 0. The van der Waals surface area contributed by atoms with Crippen molar-refractivity contribution in [2.24, 2.45) is 4.99 Å². The van der Waals surface area contributed by atoms with Gasteiger partial charge in [0.05, 0.1) is 6.54 Å². The Hall–Kier alpha value is -2.04. The first-order valence-electron chi connectivity index (χ1n) is 9.03. The molecule has 24 heavy (non-hydrogen) atoms. The van der Waals surface area contributed by atoms with Gasteiger partial charge in [-0.3, -0.25) is 4.79 Å². The number of hydrogen-bond donors (Lipinski definition) is 2. The average molecular weight is 330 g/mol. The highest BCUT2D eigenvalue weighted by molar-refractivity contribution is 5.80. The van der Waals surface area contributed by atoms with Crippen molar-refractivity contribution in [2.45, 2.75) is 59.2 Å². The Morgan fingerprint density at radius 3 is 2.67 bits per heavy atom. The fourth-order valence-corrected chi connectivity index (χ4v) is 2.76. The van der Waals surface area contributed by atoms with Crippen LogP contribution in [-0.4, -0.2) is 35.9 Å². The highest BCUT2D eigenvalue weighted by Gasteiger charge is 2.20. The van der Waals surface area contributed by atoms with E-state index in [4.69, 9.17) is 4.99 Å². The van der Waals surface area contributed by atoms with Gasteiger partial charge in [-0.05, 0) is 37.8 Å². The van der Waals surface area contributed by atoms with Gasteiger partial charge in [0, 0.05) is 32.1 Å². The number of rotatable bonds is 7. The molecule has 1 atom stereocenters. The quantitative estimate of drug-likeness (QED) is 0.597. The first kappa shape index (κ1) is 18.3. The van der Waals surface area contributed by atoms with Gasteiger partial charge in [-0.25, -0.2) is 4.99 Å². The lowest BCUT2D eigenvalue weighted by Gasteiger charge is -2.19. The van der Waals surface area contributed by atoms with Gasteiger partial charge in [-0.1, -0.05) is 31.2 Å². The van der Waals surface area contributed by atoms with Crippen molar-refractivity contribution < 1.29 is 4.79 Å². The Bertz CT molecular complexity index is 570. The Balaban J connectivity index is 2.07. The van der Waals surface area contributed by atoms with Gasteiger partial charge >= 0.3 is 0 Å². The lowest BCUT2D eigenvalue weighted by molar-refractivity contribution is -0.128. The van der Waals surface area contributed by atoms with E-state index in [-0.39, 0.29) is 5.91 Å². The van der Waals surface area contributed by atoms with Crippen LogP contribution >= 0.6 is 0 Å². The molecule has 5 nitrogen and oxygen atoms in total. The molecular formula is C19H30N4O. The number of carbonyl (C=O) groups is 1. The summed E-state index contributed by atoms with van der Waals surface area (Å²) in [5.41, 5.74) is 2.37. The Kier molecular flexibility index (Phi) is 7.09. The summed E-state index contributed by atoms with van der Waals surface area (Å²) in [6, 6.07) is 8.67. The third-order valence-electron chi connectivity index (χ3n) is 4.40. The molecule has 0 aromatic heterocycles. The zero-order chi connectivity index (χ0) is 17.4. The molecule has 1 aliphatic heterocycles. The van der Waals surface area contributed by atoms with E-state index in [0.717, 1.165) is 31.9 Å². The third-order valence-corrected chi connectivity index (χ3v) is 4.40. The molecule has 1 aromatic rings. The lowest BCUT2D eigenvalue weighted by Crippen LogP contribution is -2.42. The van der Waals surface area contributed by atoms with Crippen molar-refractivity contribution in [3.63, 3.8) is 0 Å². The third kappa shape index (κ3) is 5.25. The second-order valence-corrected chi connectivity index (χ2v) is 6.34. The summed E-state index contributed by atoms with van der Waals surface area (Å²) in [4.78, 5) is 18.5. The smallest absolute Gasteiger partial charge is 0.222 e. The summed E-state index contributed by atoms with van der Waals surface area (Å²) in [6.45, 7) is 9.40. The van der Waals surface area contributed by atoms with Crippen molar-refractivity contribution in [1.29, 1.82) is 0 Å². The van der Waals surface area contributed by atoms with E-state index in [1.807, 2.05) is 17.0 Å². The molecule has 0 bridgehead atoms. The maximum atomic E-state index is 11.9. The van der Waals surface area contributed by atoms with Crippen LogP contribution in [0, 0.1) is 0 Å². The lowest BCUT2D eigenvalue weighted by atomic mass is 10.1. The monoisotopic (exact) mass is 330 g/mol. The van der Waals surface area contributed by atoms with Crippen LogP contribution in [0.15, 0.2) is 29.3 Å². The number of amides is 1. The first-order valence-corrected chi connectivity index (χ1v) is 9.03. The molecule has 1 unspecified atom stereocenters. The first-order chi connectivity index (χ1) is 11.6. The van der Waals surface area contributed by atoms with Gasteiger partial charge in [-0.2, -0.15) is 0 Å². The van der Waals surface area contributed by atoms with Gasteiger partial charge in [-0.15, -0.1) is 0 Å². The molecule has 0 radical (unpaired) electrons. The van der Waals surface area contributed by atoms with E-state index in [9.17, 15) is 4.79 Å². The minimum absolute atomic E-state index is 0.264. The summed E-state index contributed by atoms with van der Waals surface area (Å²) in [6.07, 6.45) is 2.71. The number of nitrogens with zero attached hydrogens (tertiary/aromatic N) is 2. The summed E-state index contributed by atoms with van der Waals surface area (Å²) in [5.74, 6) is 1.11. The molecule has 1 heterocycles. The van der Waals surface area contributed by atoms with Crippen LogP contribution in [0.1, 0.15) is 51.2 Å². The van der Waals surface area contributed by atoms with Crippen LogP contribution in [0.2, 0.25) is 0 Å². The molecule has 1 fully saturated rings. The van der Waals surface area contributed by atoms with Crippen LogP contribution < -0.4 is 10.6 Å². The minimum Gasteiger partial charge on any atom is -0.357 e. The number of guanidine groups is 1. The van der Waals surface area contributed by atoms with Crippen molar-refractivity contribution in [1.82, 2.24) is 15.5 Å². The molecule has 1 aromatic carbocycles. The SMILES string of the molecule is CCNC(=NCc1ccccc1CN1CCCC1=O)NC(C)CC. The van der Waals surface area contributed by atoms with E-state index in [1.165, 1.54) is 11.1 Å². The fourth-order valence-electron chi connectivity index (χ4n) is 2.76. The Morgan fingerprint density at radius 2 is 2.04 bits per heavy atom. The summed E-state index contributed by atoms with van der Waals surface area (Å²) < 4.78 is 0. The molecular weight excluding hydrogens is 300 g/mol. The van der Waals surface area contributed by atoms with Crippen LogP contribution in [0.4, 0.5) is 0 Å². The second kappa shape index (κ2) is 9.30. The highest BCUT2D eigenvalue weighted by atomic mass is 16.2. The fraction of sp³-hybridized carbons (Fsp3) is 0.579. The molecule has 1 amide bonds. The Labute approximate surface area is 145 Å². The van der Waals surface area contributed by atoms with Crippen molar-refractivity contribution in [3.8, 4) is 0 Å². The highest BCUT2D eigenvalue weighted by Crippen LogP contribution is 2.17. The van der Waals surface area contributed by atoms with Crippen LogP contribution in [-0.2, 0) is 17.9 Å². The standard InChI is InChI=1S/C19H30N4O/c1-4-15(3)22-19(20-5-2)21-13-16-9-6-7-10-17(16)14-23-12-8-11-18(23)24/h6-7,9-10,15H,4-5,8,11-14H2,1-3H3,(H2,20,21,22). The van der Waals surface area contributed by atoms with E-state index < -0.39 is 0 Å². The maximum absolute atomic E-state index is 11.9. The zero-order valence-corrected chi connectivity index (χ0v) is 15.1. The van der Waals surface area contributed by atoms with Gasteiger partial charge in [0.25, 0.3) is 0 Å². The van der Waals surface area contributed by atoms with Gasteiger partial charge < -0.3 is 15.5 Å². The number of benzene rings is 1. The maximum Gasteiger partial charge on any atom is 0.222 e.